The number of aromatic amines is 3. The first kappa shape index (κ1) is 20.8. The number of nitrogens with zero attached hydrogens (tertiary/aromatic N) is 4. The van der Waals surface area contributed by atoms with E-state index in [9.17, 15) is 4.79 Å². The van der Waals surface area contributed by atoms with Gasteiger partial charge in [-0.3, -0.25) is 9.89 Å². The number of aromatic nitrogens is 7. The zero-order valence-electron chi connectivity index (χ0n) is 19.3. The van der Waals surface area contributed by atoms with Gasteiger partial charge in [-0.1, -0.05) is 12.1 Å². The summed E-state index contributed by atoms with van der Waals surface area (Å²) in [6.45, 7) is 0. The van der Waals surface area contributed by atoms with Crippen molar-refractivity contribution in [2.75, 3.05) is 10.6 Å². The predicted octanol–water partition coefficient (Wildman–Crippen LogP) is 5.37. The van der Waals surface area contributed by atoms with Crippen LogP contribution in [0.1, 0.15) is 10.5 Å². The maximum atomic E-state index is 13.0. The van der Waals surface area contributed by atoms with Gasteiger partial charge in [0.05, 0.1) is 17.4 Å². The second-order valence-electron chi connectivity index (χ2n) is 8.60. The number of hydrogen-bond acceptors (Lipinski definition) is 6. The zero-order chi connectivity index (χ0) is 24.8. The Hall–Kier alpha value is -5.51. The van der Waals surface area contributed by atoms with Crippen molar-refractivity contribution in [3.63, 3.8) is 0 Å². The summed E-state index contributed by atoms with van der Waals surface area (Å²) in [5.41, 5.74) is 5.39. The Morgan fingerprint density at radius 1 is 0.865 bits per heavy atom. The number of amides is 1. The lowest BCUT2D eigenvalue weighted by Crippen LogP contribution is -2.12. The van der Waals surface area contributed by atoms with Crippen LogP contribution in [0.4, 0.5) is 17.2 Å². The molecule has 7 rings (SSSR count). The Bertz CT molecular complexity index is 1930. The molecule has 0 saturated heterocycles. The molecule has 0 radical (unpaired) electrons. The van der Waals surface area contributed by atoms with Gasteiger partial charge in [0.15, 0.2) is 5.82 Å². The number of carbonyl (C=O) groups excluding carboxylic acids is 1. The van der Waals surface area contributed by atoms with Crippen LogP contribution in [0.3, 0.4) is 0 Å². The summed E-state index contributed by atoms with van der Waals surface area (Å²) in [4.78, 5) is 32.6. The second kappa shape index (κ2) is 8.31. The number of fused-ring (bicyclic) bond motifs is 3. The summed E-state index contributed by atoms with van der Waals surface area (Å²) in [5, 5.41) is 16.1. The quantitative estimate of drug-likeness (QED) is 0.222. The third-order valence-electron chi connectivity index (χ3n) is 6.20. The van der Waals surface area contributed by atoms with Crippen LogP contribution < -0.4 is 10.6 Å². The standard InChI is InChI=1S/C27H19N9O/c37-27(34-21-6-9-30-26-19(21)5-8-29-26)23-12-15-1-2-16(13-22(15)33-23)25-28-10-7-24(35-25)32-18-3-4-20-17(11-18)14-31-36-20/h1-14,33H,(H,31,36)(H,28,32,35)(H2,29,30,34,37). The highest BCUT2D eigenvalue weighted by molar-refractivity contribution is 6.09. The monoisotopic (exact) mass is 485 g/mol. The average Bonchev–Trinajstić information content (AvgIpc) is 3.67. The Labute approximate surface area is 209 Å². The van der Waals surface area contributed by atoms with Gasteiger partial charge >= 0.3 is 0 Å². The van der Waals surface area contributed by atoms with Crippen molar-refractivity contribution in [3.8, 4) is 11.4 Å². The molecule has 178 valence electrons. The van der Waals surface area contributed by atoms with Crippen LogP contribution in [0.5, 0.6) is 0 Å². The summed E-state index contributed by atoms with van der Waals surface area (Å²) in [6.07, 6.45) is 6.95. The van der Waals surface area contributed by atoms with Crippen molar-refractivity contribution in [3.05, 3.63) is 91.1 Å². The van der Waals surface area contributed by atoms with Crippen LogP contribution >= 0.6 is 0 Å². The molecule has 0 aliphatic rings. The maximum Gasteiger partial charge on any atom is 0.272 e. The summed E-state index contributed by atoms with van der Waals surface area (Å²) >= 11 is 0. The topological polar surface area (TPSA) is 140 Å². The molecule has 0 aliphatic heterocycles. The lowest BCUT2D eigenvalue weighted by Gasteiger charge is -2.07. The van der Waals surface area contributed by atoms with Crippen molar-refractivity contribution >= 4 is 55.9 Å². The first-order valence-electron chi connectivity index (χ1n) is 11.6. The number of nitrogens with one attached hydrogen (secondary N) is 5. The Balaban J connectivity index is 1.15. The molecule has 2 aromatic carbocycles. The fraction of sp³-hybridized carbons (Fsp3) is 0. The molecular formula is C27H19N9O. The lowest BCUT2D eigenvalue weighted by molar-refractivity contribution is 0.102. The van der Waals surface area contributed by atoms with Crippen LogP contribution in [0.2, 0.25) is 0 Å². The average molecular weight is 486 g/mol. The SMILES string of the molecule is O=C(Nc1ccnc2[nH]ccc12)c1cc2ccc(-c3nccc(Nc4ccc5[nH]ncc5c4)n3)cc2[nH]1. The molecule has 7 aromatic rings. The molecule has 1 amide bonds. The van der Waals surface area contributed by atoms with Crippen molar-refractivity contribution in [1.82, 2.24) is 35.1 Å². The number of benzene rings is 2. The van der Waals surface area contributed by atoms with Crippen molar-refractivity contribution in [1.29, 1.82) is 0 Å². The molecule has 5 heterocycles. The number of carbonyl (C=O) groups is 1. The van der Waals surface area contributed by atoms with E-state index in [1.165, 1.54) is 0 Å². The van der Waals surface area contributed by atoms with Crippen molar-refractivity contribution < 1.29 is 4.79 Å². The largest absolute Gasteiger partial charge is 0.350 e. The van der Waals surface area contributed by atoms with E-state index in [-0.39, 0.29) is 5.91 Å². The minimum atomic E-state index is -0.233. The van der Waals surface area contributed by atoms with Gasteiger partial charge in [-0.15, -0.1) is 0 Å². The van der Waals surface area contributed by atoms with Gasteiger partial charge in [-0.05, 0) is 48.5 Å². The molecule has 0 unspecified atom stereocenters. The van der Waals surface area contributed by atoms with Crippen LogP contribution in [0, 0.1) is 0 Å². The number of hydrogen-bond donors (Lipinski definition) is 5. The molecule has 5 N–H and O–H groups in total. The maximum absolute atomic E-state index is 13.0. The smallest absolute Gasteiger partial charge is 0.272 e. The van der Waals surface area contributed by atoms with Gasteiger partial charge in [0, 0.05) is 51.5 Å². The Kier molecular flexibility index (Phi) is 4.68. The third kappa shape index (κ3) is 3.82. The first-order chi connectivity index (χ1) is 18.2. The van der Waals surface area contributed by atoms with Crippen molar-refractivity contribution in [2.24, 2.45) is 0 Å². The minimum absolute atomic E-state index is 0.233. The van der Waals surface area contributed by atoms with E-state index in [0.717, 1.165) is 44.1 Å². The number of rotatable bonds is 5. The van der Waals surface area contributed by atoms with Gasteiger partial charge < -0.3 is 20.6 Å². The van der Waals surface area contributed by atoms with Gasteiger partial charge in [0.1, 0.15) is 17.2 Å². The van der Waals surface area contributed by atoms with Crippen LogP contribution in [-0.2, 0) is 0 Å². The van der Waals surface area contributed by atoms with Gasteiger partial charge in [0.25, 0.3) is 5.91 Å². The van der Waals surface area contributed by atoms with E-state index < -0.39 is 0 Å². The second-order valence-corrected chi connectivity index (χ2v) is 8.60. The van der Waals surface area contributed by atoms with Crippen LogP contribution in [0.25, 0.3) is 44.2 Å². The number of H-pyrrole nitrogens is 3. The summed E-state index contributed by atoms with van der Waals surface area (Å²) in [6, 6.07) is 19.1. The number of pyridine rings is 1. The molecule has 0 aliphatic carbocycles. The fourth-order valence-corrected chi connectivity index (χ4v) is 4.38. The highest BCUT2D eigenvalue weighted by atomic mass is 16.1. The molecule has 0 saturated carbocycles. The summed E-state index contributed by atoms with van der Waals surface area (Å²) in [5.74, 6) is 1.01. The predicted molar refractivity (Wildman–Crippen MR) is 143 cm³/mol. The summed E-state index contributed by atoms with van der Waals surface area (Å²) < 4.78 is 0. The van der Waals surface area contributed by atoms with Gasteiger partial charge in [0.2, 0.25) is 0 Å². The van der Waals surface area contributed by atoms with E-state index in [2.05, 4.69) is 45.8 Å². The zero-order valence-corrected chi connectivity index (χ0v) is 19.3. The molecule has 37 heavy (non-hydrogen) atoms. The fourth-order valence-electron chi connectivity index (χ4n) is 4.38. The molecule has 0 fully saturated rings. The van der Waals surface area contributed by atoms with E-state index >= 15 is 0 Å². The number of anilines is 3. The van der Waals surface area contributed by atoms with Gasteiger partial charge in [-0.2, -0.15) is 5.10 Å². The third-order valence-corrected chi connectivity index (χ3v) is 6.20. The minimum Gasteiger partial charge on any atom is -0.350 e. The molecule has 0 bridgehead atoms. The Morgan fingerprint density at radius 3 is 2.78 bits per heavy atom. The molecule has 5 aromatic heterocycles. The highest BCUT2D eigenvalue weighted by Gasteiger charge is 2.13. The van der Waals surface area contributed by atoms with E-state index in [4.69, 9.17) is 0 Å². The molecule has 0 atom stereocenters. The van der Waals surface area contributed by atoms with Crippen molar-refractivity contribution in [2.45, 2.75) is 0 Å². The Morgan fingerprint density at radius 2 is 1.81 bits per heavy atom. The normalized spacial score (nSPS) is 11.4. The lowest BCUT2D eigenvalue weighted by atomic mass is 10.1. The molecule has 10 nitrogen and oxygen atoms in total. The van der Waals surface area contributed by atoms with E-state index in [1.54, 1.807) is 30.9 Å². The summed E-state index contributed by atoms with van der Waals surface area (Å²) in [7, 11) is 0. The molecular weight excluding hydrogens is 466 g/mol. The van der Waals surface area contributed by atoms with Crippen LogP contribution in [0.15, 0.2) is 85.5 Å². The van der Waals surface area contributed by atoms with Crippen LogP contribution in [-0.4, -0.2) is 41.0 Å². The highest BCUT2D eigenvalue weighted by Crippen LogP contribution is 2.26. The van der Waals surface area contributed by atoms with E-state index in [1.807, 2.05) is 54.6 Å². The molecule has 0 spiro atoms. The van der Waals surface area contributed by atoms with Gasteiger partial charge in [-0.25, -0.2) is 15.0 Å². The first-order valence-corrected chi connectivity index (χ1v) is 11.6. The molecule has 10 heteroatoms. The van der Waals surface area contributed by atoms with E-state index in [0.29, 0.717) is 23.0 Å².